The molecule has 13 nitrogen and oxygen atoms in total. The van der Waals surface area contributed by atoms with Crippen LogP contribution in [0.15, 0.2) is 30.3 Å². The van der Waals surface area contributed by atoms with Gasteiger partial charge in [-0.1, -0.05) is 88.1 Å². The standard InChI is InChI=1S/C43H78N3O10PSi3/c1-33(2)46(34(3)4)57(50-6)53-37-30-40(45-32-43(5,41(48)44-42(45)49)39(47)29-35-25-21-20-22-26-35)52-38(37)31-51-60(55-58(7,8)9,56-59(10,11)12)54-36-27-23-18-16-14-13-15-17-19-24-28-36/h20-22,25-26,33-34,36-38,40H,13-19,23-24,27-32H2,1-12H3,(H,44,48,49)/t37-,38+,40+,43-,57?/m0/s1. The summed E-state index contributed by atoms with van der Waals surface area (Å²) in [5, 5.41) is 2.47. The first-order chi connectivity index (χ1) is 28.1. The number of imide groups is 1. The van der Waals surface area contributed by atoms with Crippen molar-refractivity contribution in [1.29, 1.82) is 0 Å². The van der Waals surface area contributed by atoms with Crippen LogP contribution in [0.1, 0.15) is 117 Å². The predicted molar refractivity (Wildman–Crippen MR) is 244 cm³/mol. The van der Waals surface area contributed by atoms with E-state index in [1.807, 2.05) is 30.3 Å². The molecule has 3 fully saturated rings. The van der Waals surface area contributed by atoms with Gasteiger partial charge in [0, 0.05) is 38.6 Å². The van der Waals surface area contributed by atoms with Crippen molar-refractivity contribution >= 4 is 51.9 Å². The molecule has 2 heterocycles. The summed E-state index contributed by atoms with van der Waals surface area (Å²) in [4.78, 5) is 42.4. The minimum atomic E-state index is -3.84. The van der Waals surface area contributed by atoms with Crippen LogP contribution in [0.2, 0.25) is 39.3 Å². The number of ether oxygens (including phenoxy) is 1. The molecule has 1 saturated carbocycles. The average Bonchev–Trinajstić information content (AvgIpc) is 3.54. The smallest absolute Gasteiger partial charge is 0.395 e. The van der Waals surface area contributed by atoms with Crippen LogP contribution in [0.5, 0.6) is 0 Å². The maximum absolute atomic E-state index is 13.9. The second-order valence-electron chi connectivity index (χ2n) is 19.5. The molecule has 60 heavy (non-hydrogen) atoms. The SMILES string of the molecule is COP(O[C@H]1C[C@H](N2C[C@@](C)(C(=O)Cc3ccccc3)C(=O)NC2=O)O[C@@H]1CO[Si](OC1CCCCCCCCCCC1)(O[Si](C)(C)C)O[Si](C)(C)C)N(C(C)C)C(C)C. The van der Waals surface area contributed by atoms with Gasteiger partial charge in [0.1, 0.15) is 17.7 Å². The first kappa shape index (κ1) is 51.2. The van der Waals surface area contributed by atoms with E-state index in [4.69, 9.17) is 30.9 Å². The maximum Gasteiger partial charge on any atom is 0.658 e. The highest BCUT2D eigenvalue weighted by Gasteiger charge is 2.56. The van der Waals surface area contributed by atoms with Gasteiger partial charge in [-0.3, -0.25) is 19.8 Å². The van der Waals surface area contributed by atoms with E-state index >= 15 is 0 Å². The molecule has 2 saturated heterocycles. The summed E-state index contributed by atoms with van der Waals surface area (Å²) < 4.78 is 50.2. The molecule has 342 valence electrons. The third-order valence-corrected chi connectivity index (χ3v) is 21.2. The third kappa shape index (κ3) is 15.4. The monoisotopic (exact) mass is 911 g/mol. The molecule has 1 aromatic rings. The van der Waals surface area contributed by atoms with Crippen molar-refractivity contribution in [1.82, 2.24) is 14.9 Å². The number of hydrogen-bond acceptors (Lipinski definition) is 11. The fourth-order valence-electron chi connectivity index (χ4n) is 8.19. The first-order valence-corrected chi connectivity index (χ1v) is 32.1. The number of carbonyl (C=O) groups is 3. The van der Waals surface area contributed by atoms with Crippen molar-refractivity contribution in [3.05, 3.63) is 35.9 Å². The van der Waals surface area contributed by atoms with Gasteiger partial charge in [-0.15, -0.1) is 0 Å². The van der Waals surface area contributed by atoms with Crippen molar-refractivity contribution in [3.63, 3.8) is 0 Å². The van der Waals surface area contributed by atoms with Crippen molar-refractivity contribution in [2.45, 2.75) is 194 Å². The van der Waals surface area contributed by atoms with Gasteiger partial charge in [-0.2, -0.15) is 0 Å². The Hall–Kier alpha value is -1.41. The Morgan fingerprint density at radius 1 is 0.883 bits per heavy atom. The van der Waals surface area contributed by atoms with Crippen molar-refractivity contribution in [2.24, 2.45) is 5.41 Å². The number of urea groups is 1. The Labute approximate surface area is 366 Å². The second-order valence-corrected chi connectivity index (χ2v) is 32.7. The second kappa shape index (κ2) is 23.0. The van der Waals surface area contributed by atoms with Crippen LogP contribution in [-0.2, 0) is 46.9 Å². The summed E-state index contributed by atoms with van der Waals surface area (Å²) in [6.07, 6.45) is 10.8. The number of nitrogens with one attached hydrogen (secondary N) is 1. The lowest BCUT2D eigenvalue weighted by atomic mass is 9.80. The zero-order chi connectivity index (χ0) is 44.3. The van der Waals surface area contributed by atoms with Crippen LogP contribution in [-0.4, -0.2) is 110 Å². The summed E-state index contributed by atoms with van der Waals surface area (Å²) in [6.45, 7) is 22.7. The zero-order valence-electron chi connectivity index (χ0n) is 38.9. The number of ketones is 1. The highest BCUT2D eigenvalue weighted by Crippen LogP contribution is 2.49. The van der Waals surface area contributed by atoms with Gasteiger partial charge < -0.3 is 30.9 Å². The molecular weight excluding hydrogens is 834 g/mol. The molecule has 17 heteroatoms. The molecule has 0 radical (unpaired) electrons. The van der Waals surface area contributed by atoms with Crippen LogP contribution in [0.3, 0.4) is 0 Å². The topological polar surface area (TPSA) is 134 Å². The highest BCUT2D eigenvalue weighted by atomic mass is 31.2. The van der Waals surface area contributed by atoms with Crippen LogP contribution in [0, 0.1) is 5.41 Å². The molecule has 3 amide bonds. The summed E-state index contributed by atoms with van der Waals surface area (Å²) in [6, 6.07) is 8.94. The van der Waals surface area contributed by atoms with Gasteiger partial charge in [-0.05, 0) is 92.3 Å². The Bertz CT molecular complexity index is 1480. The Balaban J connectivity index is 1.68. The lowest BCUT2D eigenvalue weighted by molar-refractivity contribution is -0.147. The number of amides is 3. The van der Waals surface area contributed by atoms with Gasteiger partial charge >= 0.3 is 15.1 Å². The van der Waals surface area contributed by atoms with Crippen molar-refractivity contribution < 1.29 is 45.3 Å². The lowest BCUT2D eigenvalue weighted by Crippen LogP contribution is -2.64. The van der Waals surface area contributed by atoms with Gasteiger partial charge in [0.2, 0.25) is 5.91 Å². The van der Waals surface area contributed by atoms with E-state index < -0.39 is 70.0 Å². The minimum Gasteiger partial charge on any atom is -0.395 e. The van der Waals surface area contributed by atoms with E-state index in [0.29, 0.717) is 0 Å². The lowest BCUT2D eigenvalue weighted by Gasteiger charge is -2.41. The van der Waals surface area contributed by atoms with E-state index in [0.717, 1.165) is 31.2 Å². The molecule has 1 aliphatic carbocycles. The Morgan fingerprint density at radius 3 is 1.92 bits per heavy atom. The van der Waals surface area contributed by atoms with Crippen LogP contribution in [0.4, 0.5) is 4.79 Å². The number of Topliss-reactive ketones (excluding diaryl/α,β-unsaturated/α-hetero) is 1. The average molecular weight is 912 g/mol. The minimum absolute atomic E-state index is 0.0178. The summed E-state index contributed by atoms with van der Waals surface area (Å²) >= 11 is 0. The summed E-state index contributed by atoms with van der Waals surface area (Å²) in [5.74, 6) is -0.900. The van der Waals surface area contributed by atoms with E-state index in [1.54, 1.807) is 14.0 Å². The largest absolute Gasteiger partial charge is 0.658 e. The zero-order valence-corrected chi connectivity index (χ0v) is 42.8. The van der Waals surface area contributed by atoms with Gasteiger partial charge in [0.15, 0.2) is 22.4 Å². The predicted octanol–water partition coefficient (Wildman–Crippen LogP) is 9.69. The first-order valence-electron chi connectivity index (χ1n) is 22.5. The Kier molecular flexibility index (Phi) is 19.6. The van der Waals surface area contributed by atoms with Crippen LogP contribution in [0.25, 0.3) is 0 Å². The number of hydrogen-bond donors (Lipinski definition) is 1. The fraction of sp³-hybridized carbons (Fsp3) is 0.791. The number of carbonyl (C=O) groups excluding carboxylic acids is 3. The molecule has 1 N–H and O–H groups in total. The van der Waals surface area contributed by atoms with E-state index in [2.05, 4.69) is 77.0 Å². The summed E-state index contributed by atoms with van der Waals surface area (Å²) in [5.41, 5.74) is -0.702. The normalized spacial score (nSPS) is 25.4. The van der Waals surface area contributed by atoms with Crippen LogP contribution >= 0.6 is 8.53 Å². The molecule has 4 rings (SSSR count). The van der Waals surface area contributed by atoms with Crippen molar-refractivity contribution in [2.75, 3.05) is 20.3 Å². The quantitative estimate of drug-likeness (QED) is 0.0808. The molecule has 5 atom stereocenters. The van der Waals surface area contributed by atoms with Gasteiger partial charge in [0.05, 0.1) is 18.8 Å². The molecule has 1 unspecified atom stereocenters. The summed E-state index contributed by atoms with van der Waals surface area (Å²) in [7, 11) is -8.39. The molecule has 0 spiro atoms. The molecule has 3 aliphatic rings. The molecular formula is C43H78N3O10PSi3. The molecule has 0 bridgehead atoms. The Morgan fingerprint density at radius 2 is 1.42 bits per heavy atom. The van der Waals surface area contributed by atoms with Crippen LogP contribution < -0.4 is 5.32 Å². The maximum atomic E-state index is 13.9. The fourth-order valence-corrected chi connectivity index (χ4v) is 18.3. The number of benzene rings is 1. The third-order valence-electron chi connectivity index (χ3n) is 11.1. The van der Waals surface area contributed by atoms with Gasteiger partial charge in [-0.25, -0.2) is 9.46 Å². The van der Waals surface area contributed by atoms with E-state index in [9.17, 15) is 14.4 Å². The van der Waals surface area contributed by atoms with Gasteiger partial charge in [0.25, 0.3) is 8.53 Å². The number of nitrogens with zero attached hydrogens (tertiary/aromatic N) is 2. The van der Waals surface area contributed by atoms with E-state index in [-0.39, 0.29) is 50.0 Å². The molecule has 2 aliphatic heterocycles. The van der Waals surface area contributed by atoms with E-state index in [1.165, 1.54) is 49.8 Å². The number of rotatable bonds is 19. The molecule has 0 aromatic heterocycles. The van der Waals surface area contributed by atoms with Crippen molar-refractivity contribution in [3.8, 4) is 0 Å². The highest BCUT2D eigenvalue weighted by molar-refractivity contribution is 7.44. The molecule has 1 aromatic carbocycles.